The van der Waals surface area contributed by atoms with E-state index >= 15 is 0 Å². The van der Waals surface area contributed by atoms with Gasteiger partial charge in [0.05, 0.1) is 0 Å². The quantitative estimate of drug-likeness (QED) is 0.456. The van der Waals surface area contributed by atoms with Crippen molar-refractivity contribution in [3.63, 3.8) is 0 Å². The molecule has 0 fully saturated rings. The van der Waals surface area contributed by atoms with Crippen molar-refractivity contribution in [1.82, 2.24) is 5.32 Å². The van der Waals surface area contributed by atoms with Gasteiger partial charge in [0.2, 0.25) is 0 Å². The first-order valence-electron chi connectivity index (χ1n) is 2.61. The van der Waals surface area contributed by atoms with Crippen LogP contribution < -0.4 is 5.32 Å². The highest BCUT2D eigenvalue weighted by Crippen LogP contribution is 2.35. The van der Waals surface area contributed by atoms with Crippen molar-refractivity contribution in [3.05, 3.63) is 11.9 Å². The summed E-state index contributed by atoms with van der Waals surface area (Å²) in [4.78, 5) is 26.2. The maximum absolute atomic E-state index is 10.1. The Labute approximate surface area is 62.7 Å². The van der Waals surface area contributed by atoms with Gasteiger partial charge >= 0.3 is 13.7 Å². The van der Waals surface area contributed by atoms with Crippen LogP contribution in [0, 0.1) is 0 Å². The number of hydrogen-bond donors (Lipinski definition) is 4. The van der Waals surface area contributed by atoms with Crippen molar-refractivity contribution in [2.75, 3.05) is 6.54 Å². The summed E-state index contributed by atoms with van der Waals surface area (Å²) in [6.07, 6.45) is -0.185. The Morgan fingerprint density at radius 1 is 1.55 bits per heavy atom. The molecule has 0 bridgehead atoms. The second-order valence-corrected chi connectivity index (χ2v) is 3.14. The minimum atomic E-state index is -4.14. The zero-order chi connectivity index (χ0) is 8.91. The Morgan fingerprint density at radius 3 is 2.45 bits per heavy atom. The van der Waals surface area contributed by atoms with E-state index in [1.165, 1.54) is 0 Å². The molecule has 7 heteroatoms. The van der Waals surface area contributed by atoms with E-state index in [0.29, 0.717) is 5.82 Å². The predicted molar refractivity (Wildman–Crippen MR) is 37.2 cm³/mol. The summed E-state index contributed by atoms with van der Waals surface area (Å²) >= 11 is 0. The normalized spacial score (nSPS) is 11.8. The van der Waals surface area contributed by atoms with Crippen LogP contribution in [-0.4, -0.2) is 27.5 Å². The Bertz CT molecular complexity index is 207. The molecule has 0 radical (unpaired) electrons. The first-order chi connectivity index (χ1) is 4.92. The average Bonchev–Trinajstić information content (AvgIpc) is 1.78. The molecule has 0 aromatic rings. The third-order valence-corrected chi connectivity index (χ3v) is 1.27. The zero-order valence-electron chi connectivity index (χ0n) is 5.47. The molecule has 0 unspecified atom stereocenters. The van der Waals surface area contributed by atoms with E-state index in [-0.39, 0.29) is 6.54 Å². The largest absolute Gasteiger partial charge is 0.465 e. The molecule has 0 saturated heterocycles. The Kier molecular flexibility index (Phi) is 3.81. The smallest absolute Gasteiger partial charge is 0.404 e. The summed E-state index contributed by atoms with van der Waals surface area (Å²) in [5.74, 6) is 0.642. The lowest BCUT2D eigenvalue weighted by molar-refractivity contribution is 0.195. The Balaban J connectivity index is 3.63. The van der Waals surface area contributed by atoms with Crippen LogP contribution in [0.15, 0.2) is 11.9 Å². The van der Waals surface area contributed by atoms with Crippen molar-refractivity contribution in [2.45, 2.75) is 0 Å². The molecular weight excluding hydrogens is 173 g/mol. The van der Waals surface area contributed by atoms with E-state index in [1.807, 2.05) is 5.32 Å². The second-order valence-electron chi connectivity index (χ2n) is 1.66. The number of rotatable bonds is 3. The molecule has 4 N–H and O–H groups in total. The summed E-state index contributed by atoms with van der Waals surface area (Å²) < 4.78 is 10.1. The predicted octanol–water partition coefficient (Wildman–Crippen LogP) is -0.0546. The molecule has 0 aliphatic carbocycles. The number of hydrogen-bond acceptors (Lipinski definition) is 2. The van der Waals surface area contributed by atoms with Gasteiger partial charge in [-0.2, -0.15) is 0 Å². The average molecular weight is 181 g/mol. The van der Waals surface area contributed by atoms with Crippen molar-refractivity contribution in [3.8, 4) is 0 Å². The summed E-state index contributed by atoms with van der Waals surface area (Å²) in [6, 6.07) is 0. The highest BCUT2D eigenvalue weighted by atomic mass is 31.2. The van der Waals surface area contributed by atoms with Gasteiger partial charge in [-0.15, -0.1) is 0 Å². The minimum absolute atomic E-state index is 0.111. The topological polar surface area (TPSA) is 107 Å². The lowest BCUT2D eigenvalue weighted by Crippen LogP contribution is -2.20. The van der Waals surface area contributed by atoms with Gasteiger partial charge in [-0.05, 0) is 0 Å². The van der Waals surface area contributed by atoms with Crippen LogP contribution in [-0.2, 0) is 4.57 Å². The second kappa shape index (κ2) is 4.12. The van der Waals surface area contributed by atoms with Crippen molar-refractivity contribution in [1.29, 1.82) is 0 Å². The lowest BCUT2D eigenvalue weighted by atomic mass is 10.6. The van der Waals surface area contributed by atoms with Crippen LogP contribution >= 0.6 is 7.60 Å². The molecule has 0 rings (SSSR count). The van der Waals surface area contributed by atoms with Crippen LogP contribution in [0.2, 0.25) is 0 Å². The fourth-order valence-corrected chi connectivity index (χ4v) is 0.716. The maximum atomic E-state index is 10.1. The molecule has 0 spiro atoms. The summed E-state index contributed by atoms with van der Waals surface area (Å²) in [5, 5.41) is 9.91. The van der Waals surface area contributed by atoms with Gasteiger partial charge in [0.1, 0.15) is 0 Å². The van der Waals surface area contributed by atoms with E-state index in [9.17, 15) is 9.36 Å². The molecule has 0 heterocycles. The molecule has 0 aliphatic rings. The molecular formula is C4H8NO5P. The van der Waals surface area contributed by atoms with Crippen molar-refractivity contribution < 1.29 is 24.3 Å². The van der Waals surface area contributed by atoms with Gasteiger partial charge in [0, 0.05) is 12.4 Å². The van der Waals surface area contributed by atoms with E-state index in [0.717, 1.165) is 6.08 Å². The van der Waals surface area contributed by atoms with Gasteiger partial charge in [0.25, 0.3) is 0 Å². The van der Waals surface area contributed by atoms with Crippen molar-refractivity contribution >= 4 is 13.7 Å². The zero-order valence-corrected chi connectivity index (χ0v) is 6.36. The highest BCUT2D eigenvalue weighted by molar-refractivity contribution is 7.55. The molecule has 0 aromatic heterocycles. The van der Waals surface area contributed by atoms with E-state index in [2.05, 4.69) is 0 Å². The maximum Gasteiger partial charge on any atom is 0.404 e. The fourth-order valence-electron chi connectivity index (χ4n) is 0.336. The third kappa shape index (κ3) is 9.16. The minimum Gasteiger partial charge on any atom is -0.465 e. The van der Waals surface area contributed by atoms with Crippen LogP contribution in [0.3, 0.4) is 0 Å². The molecule has 0 aliphatic heterocycles. The highest BCUT2D eigenvalue weighted by Gasteiger charge is 2.04. The van der Waals surface area contributed by atoms with Gasteiger partial charge in [0.15, 0.2) is 0 Å². The molecule has 11 heavy (non-hydrogen) atoms. The standard InChI is InChI=1S/C4H8NO5P/c6-4(7)5-2-1-3-11(8,9)10/h1,3,5H,2H2,(H,6,7)(H2,8,9,10). The van der Waals surface area contributed by atoms with Crippen LogP contribution in [0.5, 0.6) is 0 Å². The number of amides is 1. The van der Waals surface area contributed by atoms with Gasteiger partial charge in [-0.3, -0.25) is 4.57 Å². The molecule has 0 atom stereocenters. The van der Waals surface area contributed by atoms with E-state index in [4.69, 9.17) is 14.9 Å². The summed E-state index contributed by atoms with van der Waals surface area (Å²) in [5.41, 5.74) is 0. The molecule has 6 nitrogen and oxygen atoms in total. The van der Waals surface area contributed by atoms with Crippen molar-refractivity contribution in [2.24, 2.45) is 0 Å². The van der Waals surface area contributed by atoms with Gasteiger partial charge in [-0.1, -0.05) is 6.08 Å². The first kappa shape index (κ1) is 10.2. The molecule has 1 amide bonds. The van der Waals surface area contributed by atoms with Gasteiger partial charge in [-0.25, -0.2) is 4.79 Å². The first-order valence-corrected chi connectivity index (χ1v) is 4.30. The monoisotopic (exact) mass is 181 g/mol. The SMILES string of the molecule is O=C(O)NCC=CP(=O)(O)O. The van der Waals surface area contributed by atoms with Crippen LogP contribution in [0.4, 0.5) is 4.79 Å². The molecule has 64 valence electrons. The fraction of sp³-hybridized carbons (Fsp3) is 0.250. The lowest BCUT2D eigenvalue weighted by Gasteiger charge is -1.94. The Hall–Kier alpha value is -0.840. The van der Waals surface area contributed by atoms with Crippen LogP contribution in [0.25, 0.3) is 0 Å². The molecule has 0 saturated carbocycles. The van der Waals surface area contributed by atoms with E-state index in [1.54, 1.807) is 0 Å². The summed E-state index contributed by atoms with van der Waals surface area (Å²) in [7, 11) is -4.14. The van der Waals surface area contributed by atoms with Crippen LogP contribution in [0.1, 0.15) is 0 Å². The summed E-state index contributed by atoms with van der Waals surface area (Å²) in [6.45, 7) is -0.111. The Morgan fingerprint density at radius 2 is 2.09 bits per heavy atom. The van der Waals surface area contributed by atoms with Gasteiger partial charge < -0.3 is 20.2 Å². The number of carboxylic acid groups (broad SMARTS) is 1. The number of carbonyl (C=O) groups is 1. The number of nitrogens with one attached hydrogen (secondary N) is 1. The van der Waals surface area contributed by atoms with E-state index < -0.39 is 13.7 Å². The molecule has 0 aromatic carbocycles. The third-order valence-electron chi connectivity index (χ3n) is 0.671.